The van der Waals surface area contributed by atoms with Crippen LogP contribution in [-0.2, 0) is 4.74 Å². The van der Waals surface area contributed by atoms with Crippen LogP contribution in [-0.4, -0.2) is 11.7 Å². The van der Waals surface area contributed by atoms with E-state index >= 15 is 0 Å². The highest BCUT2D eigenvalue weighted by atomic mass is 16.6. The van der Waals surface area contributed by atoms with Crippen molar-refractivity contribution in [2.75, 3.05) is 6.61 Å². The highest BCUT2D eigenvalue weighted by molar-refractivity contribution is 4.60. The fraction of sp³-hybridized carbons (Fsp3) is 0.500. The summed E-state index contributed by atoms with van der Waals surface area (Å²) >= 11 is 0. The molecule has 2 heteroatoms. The van der Waals surface area contributed by atoms with E-state index in [1.54, 1.807) is 6.92 Å². The van der Waals surface area contributed by atoms with Crippen molar-refractivity contribution < 1.29 is 12.6 Å². The summed E-state index contributed by atoms with van der Waals surface area (Å²) in [4.78, 5) is 0. The van der Waals surface area contributed by atoms with Gasteiger partial charge in [-0.15, -0.1) is 0 Å². The van der Waals surface area contributed by atoms with E-state index in [2.05, 4.69) is 4.74 Å². The molecule has 0 spiro atoms. The molecule has 36 valence electrons. The van der Waals surface area contributed by atoms with Gasteiger partial charge in [0.15, 0.2) is 0 Å². The zero-order chi connectivity index (χ0) is 6.57. The van der Waals surface area contributed by atoms with Crippen LogP contribution in [0.4, 0.5) is 0 Å². The SMILES string of the molecule is [2H]C([2H])=C(O)OCC. The van der Waals surface area contributed by atoms with Gasteiger partial charge in [0.05, 0.1) is 9.35 Å². The standard InChI is InChI=1S/C4H8O2/c1-3-6-4(2)5/h5H,2-3H2,1H3/i2D2. The molecule has 0 bridgehead atoms. The third-order valence-electron chi connectivity index (χ3n) is 0.281. The maximum atomic E-state index is 8.41. The van der Waals surface area contributed by atoms with Gasteiger partial charge in [0.2, 0.25) is 0 Å². The zero-order valence-corrected chi connectivity index (χ0v) is 3.56. The lowest BCUT2D eigenvalue weighted by Crippen LogP contribution is -1.85. The predicted molar refractivity (Wildman–Crippen MR) is 23.4 cm³/mol. The second kappa shape index (κ2) is 2.57. The molecule has 0 rings (SSSR count). The van der Waals surface area contributed by atoms with Crippen LogP contribution in [0.5, 0.6) is 0 Å². The summed E-state index contributed by atoms with van der Waals surface area (Å²) in [6, 6.07) is 0. The molecule has 0 fully saturated rings. The first-order valence-electron chi connectivity index (χ1n) is 2.67. The van der Waals surface area contributed by atoms with Crippen molar-refractivity contribution in [2.45, 2.75) is 6.92 Å². The Labute approximate surface area is 39.9 Å². The fourth-order valence-electron chi connectivity index (χ4n) is 0.137. The fourth-order valence-corrected chi connectivity index (χ4v) is 0.137. The minimum atomic E-state index is -0.688. The number of hydrogen-bond acceptors (Lipinski definition) is 2. The Kier molecular flexibility index (Phi) is 1.07. The quantitative estimate of drug-likeness (QED) is 0.513. The van der Waals surface area contributed by atoms with Crippen LogP contribution in [0.15, 0.2) is 12.5 Å². The molecular weight excluding hydrogens is 80.0 g/mol. The molecule has 2 nitrogen and oxygen atoms in total. The first-order chi connectivity index (χ1) is 3.68. The number of rotatable bonds is 2. The van der Waals surface area contributed by atoms with Crippen molar-refractivity contribution in [1.29, 1.82) is 0 Å². The van der Waals surface area contributed by atoms with Crippen LogP contribution >= 0.6 is 0 Å². The minimum absolute atomic E-state index is 0.285. The predicted octanol–water partition coefficient (Wildman–Crippen LogP) is 1.05. The molecule has 0 aromatic carbocycles. The Balaban J connectivity index is 3.62. The van der Waals surface area contributed by atoms with Crippen LogP contribution in [0.3, 0.4) is 0 Å². The normalized spacial score (nSPS) is 11.5. The van der Waals surface area contributed by atoms with Gasteiger partial charge in [0, 0.05) is 0 Å². The van der Waals surface area contributed by atoms with Gasteiger partial charge in [-0.1, -0.05) is 0 Å². The van der Waals surface area contributed by atoms with Gasteiger partial charge in [0.25, 0.3) is 5.95 Å². The topological polar surface area (TPSA) is 29.5 Å². The number of ether oxygens (including phenoxy) is 1. The molecule has 0 aliphatic carbocycles. The molecule has 0 aromatic rings. The summed E-state index contributed by atoms with van der Waals surface area (Å²) in [5.41, 5.74) is 0. The molecule has 0 saturated carbocycles. The zero-order valence-electron chi connectivity index (χ0n) is 5.56. The van der Waals surface area contributed by atoms with E-state index in [9.17, 15) is 0 Å². The molecule has 0 aliphatic heterocycles. The van der Waals surface area contributed by atoms with Crippen molar-refractivity contribution in [2.24, 2.45) is 0 Å². The first-order valence-corrected chi connectivity index (χ1v) is 1.67. The molecule has 1 N–H and O–H groups in total. The molecule has 0 radical (unpaired) electrons. The third kappa shape index (κ3) is 3.34. The third-order valence-corrected chi connectivity index (χ3v) is 0.281. The van der Waals surface area contributed by atoms with E-state index < -0.39 is 12.5 Å². The second-order valence-electron chi connectivity index (χ2n) is 0.738. The summed E-state index contributed by atoms with van der Waals surface area (Å²) in [7, 11) is 0. The van der Waals surface area contributed by atoms with Gasteiger partial charge in [0.1, 0.15) is 0 Å². The summed E-state index contributed by atoms with van der Waals surface area (Å²) in [6.45, 7) is 1.26. The highest BCUT2D eigenvalue weighted by Gasteiger charge is 1.76. The monoisotopic (exact) mass is 90.1 g/mol. The molecule has 6 heavy (non-hydrogen) atoms. The summed E-state index contributed by atoms with van der Waals surface area (Å²) in [5, 5.41) is 8.41. The van der Waals surface area contributed by atoms with Crippen molar-refractivity contribution in [3.05, 3.63) is 12.5 Å². The number of aliphatic hydroxyl groups is 1. The molecule has 0 aromatic heterocycles. The molecule has 0 aliphatic rings. The van der Waals surface area contributed by atoms with Crippen LogP contribution in [0, 0.1) is 0 Å². The average Bonchev–Trinajstić information content (AvgIpc) is 1.67. The van der Waals surface area contributed by atoms with E-state index in [0.717, 1.165) is 0 Å². The van der Waals surface area contributed by atoms with E-state index in [1.807, 2.05) is 0 Å². The average molecular weight is 90.1 g/mol. The lowest BCUT2D eigenvalue weighted by molar-refractivity contribution is 0.105. The first kappa shape index (κ1) is 2.50. The summed E-state index contributed by atoms with van der Waals surface area (Å²) in [5.74, 6) is -0.618. The van der Waals surface area contributed by atoms with Crippen LogP contribution in [0.2, 0.25) is 0 Å². The van der Waals surface area contributed by atoms with E-state index in [-0.39, 0.29) is 6.61 Å². The van der Waals surface area contributed by atoms with E-state index in [1.165, 1.54) is 0 Å². The van der Waals surface area contributed by atoms with Crippen LogP contribution in [0.25, 0.3) is 0 Å². The number of hydrogen-bond donors (Lipinski definition) is 1. The van der Waals surface area contributed by atoms with Gasteiger partial charge in [-0.3, -0.25) is 0 Å². The summed E-state index contributed by atoms with van der Waals surface area (Å²) < 4.78 is 17.3. The second-order valence-corrected chi connectivity index (χ2v) is 0.738. The molecule has 0 saturated heterocycles. The molecule has 0 amide bonds. The van der Waals surface area contributed by atoms with Crippen LogP contribution in [0.1, 0.15) is 9.67 Å². The Morgan fingerprint density at radius 2 is 3.00 bits per heavy atom. The van der Waals surface area contributed by atoms with Gasteiger partial charge >= 0.3 is 0 Å². The lowest BCUT2D eigenvalue weighted by Gasteiger charge is -1.93. The maximum Gasteiger partial charge on any atom is 0.268 e. The largest absolute Gasteiger partial charge is 0.481 e. The number of aliphatic hydroxyl groups excluding tert-OH is 1. The Bertz CT molecular complexity index is 96.2. The van der Waals surface area contributed by atoms with Crippen molar-refractivity contribution in [3.63, 3.8) is 0 Å². The van der Waals surface area contributed by atoms with E-state index in [4.69, 9.17) is 7.85 Å². The molecule has 0 atom stereocenters. The smallest absolute Gasteiger partial charge is 0.268 e. The van der Waals surface area contributed by atoms with Gasteiger partial charge < -0.3 is 9.84 Å². The van der Waals surface area contributed by atoms with Gasteiger partial charge in [-0.25, -0.2) is 0 Å². The van der Waals surface area contributed by atoms with Crippen molar-refractivity contribution in [3.8, 4) is 0 Å². The van der Waals surface area contributed by atoms with Crippen LogP contribution < -0.4 is 0 Å². The Hall–Kier alpha value is -0.660. The maximum absolute atomic E-state index is 8.41. The van der Waals surface area contributed by atoms with Gasteiger partial charge in [-0.05, 0) is 13.5 Å². The Morgan fingerprint density at radius 3 is 3.17 bits per heavy atom. The molecular formula is C4H8O2. The molecule has 0 unspecified atom stereocenters. The highest BCUT2D eigenvalue weighted by Crippen LogP contribution is 1.80. The molecule has 0 heterocycles. The summed E-state index contributed by atoms with van der Waals surface area (Å²) in [6.07, 6.45) is 0. The van der Waals surface area contributed by atoms with Crippen molar-refractivity contribution in [1.82, 2.24) is 0 Å². The Morgan fingerprint density at radius 1 is 2.33 bits per heavy atom. The minimum Gasteiger partial charge on any atom is -0.481 e. The lowest BCUT2D eigenvalue weighted by atomic mass is 10.8. The van der Waals surface area contributed by atoms with E-state index in [0.29, 0.717) is 0 Å². The van der Waals surface area contributed by atoms with Gasteiger partial charge in [-0.2, -0.15) is 0 Å². The van der Waals surface area contributed by atoms with Crippen molar-refractivity contribution >= 4 is 0 Å².